The molecule has 1 fully saturated rings. The molecule has 7 nitrogen and oxygen atoms in total. The lowest BCUT2D eigenvalue weighted by Gasteiger charge is -2.20. The lowest BCUT2D eigenvalue weighted by atomic mass is 10.3. The highest BCUT2D eigenvalue weighted by atomic mass is 35.5. The third kappa shape index (κ3) is 5.35. The average molecular weight is 390 g/mol. The standard InChI is InChI=1S/C19H28ClN7/c1-3-18-25-23-14-27(18)11-9-22-19(21-4-2)24-16-8-10-26(13-16)17-7-5-6-15(20)12-17/h5-7,12,14,16H,3-4,8-11,13H2,1-2H3,(H2,21,22,24). The van der Waals surface area contributed by atoms with E-state index in [0.717, 1.165) is 55.8 Å². The summed E-state index contributed by atoms with van der Waals surface area (Å²) in [5, 5.41) is 15.8. The largest absolute Gasteiger partial charge is 0.369 e. The fraction of sp³-hybridized carbons (Fsp3) is 0.526. The average Bonchev–Trinajstić information content (AvgIpc) is 3.31. The number of aromatic nitrogens is 3. The molecule has 1 unspecified atom stereocenters. The fourth-order valence-electron chi connectivity index (χ4n) is 3.31. The molecule has 1 saturated heterocycles. The fourth-order valence-corrected chi connectivity index (χ4v) is 3.49. The normalized spacial score (nSPS) is 17.4. The maximum Gasteiger partial charge on any atom is 0.191 e. The molecule has 0 aliphatic carbocycles. The number of hydrogen-bond acceptors (Lipinski definition) is 4. The molecular formula is C19H28ClN7. The molecule has 8 heteroatoms. The number of guanidine groups is 1. The molecule has 0 spiro atoms. The Kier molecular flexibility index (Phi) is 6.92. The summed E-state index contributed by atoms with van der Waals surface area (Å²) in [6.45, 7) is 8.43. The molecule has 3 rings (SSSR count). The van der Waals surface area contributed by atoms with Crippen molar-refractivity contribution >= 4 is 23.2 Å². The van der Waals surface area contributed by atoms with E-state index < -0.39 is 0 Å². The van der Waals surface area contributed by atoms with Crippen molar-refractivity contribution in [3.05, 3.63) is 41.4 Å². The van der Waals surface area contributed by atoms with Crippen LogP contribution < -0.4 is 15.5 Å². The van der Waals surface area contributed by atoms with Crippen LogP contribution in [-0.4, -0.2) is 52.9 Å². The topological polar surface area (TPSA) is 70.4 Å². The monoisotopic (exact) mass is 389 g/mol. The van der Waals surface area contributed by atoms with Crippen LogP contribution in [0.3, 0.4) is 0 Å². The SMILES string of the molecule is CCNC(=NCCn1cnnc1CC)NC1CCN(c2cccc(Cl)c2)C1. The van der Waals surface area contributed by atoms with E-state index >= 15 is 0 Å². The van der Waals surface area contributed by atoms with Crippen LogP contribution >= 0.6 is 11.6 Å². The van der Waals surface area contributed by atoms with E-state index in [9.17, 15) is 0 Å². The Morgan fingerprint density at radius 3 is 3.04 bits per heavy atom. The van der Waals surface area contributed by atoms with Crippen LogP contribution in [0, 0.1) is 0 Å². The van der Waals surface area contributed by atoms with E-state index in [4.69, 9.17) is 16.6 Å². The second-order valence-electron chi connectivity index (χ2n) is 6.61. The Labute approximate surface area is 165 Å². The Morgan fingerprint density at radius 1 is 1.37 bits per heavy atom. The van der Waals surface area contributed by atoms with Crippen LogP contribution in [0.25, 0.3) is 0 Å². The van der Waals surface area contributed by atoms with Crippen molar-refractivity contribution in [3.8, 4) is 0 Å². The second kappa shape index (κ2) is 9.60. The van der Waals surface area contributed by atoms with Gasteiger partial charge in [0.05, 0.1) is 6.54 Å². The van der Waals surface area contributed by atoms with Gasteiger partial charge in [0.2, 0.25) is 0 Å². The van der Waals surface area contributed by atoms with Gasteiger partial charge in [0, 0.05) is 49.4 Å². The van der Waals surface area contributed by atoms with Gasteiger partial charge >= 0.3 is 0 Å². The van der Waals surface area contributed by atoms with Crippen molar-refractivity contribution < 1.29 is 0 Å². The Morgan fingerprint density at radius 2 is 2.26 bits per heavy atom. The highest BCUT2D eigenvalue weighted by Crippen LogP contribution is 2.23. The molecule has 2 aromatic rings. The van der Waals surface area contributed by atoms with Gasteiger partial charge < -0.3 is 20.1 Å². The van der Waals surface area contributed by atoms with Crippen molar-refractivity contribution in [2.45, 2.75) is 39.3 Å². The maximum absolute atomic E-state index is 6.12. The molecule has 0 amide bonds. The predicted octanol–water partition coefficient (Wildman–Crippen LogP) is 2.33. The van der Waals surface area contributed by atoms with Crippen molar-refractivity contribution in [3.63, 3.8) is 0 Å². The molecule has 146 valence electrons. The Balaban J connectivity index is 1.54. The van der Waals surface area contributed by atoms with Gasteiger partial charge in [-0.15, -0.1) is 10.2 Å². The van der Waals surface area contributed by atoms with E-state index in [1.54, 1.807) is 6.33 Å². The van der Waals surface area contributed by atoms with E-state index in [1.807, 2.05) is 18.2 Å². The highest BCUT2D eigenvalue weighted by molar-refractivity contribution is 6.30. The summed E-state index contributed by atoms with van der Waals surface area (Å²) in [7, 11) is 0. The smallest absolute Gasteiger partial charge is 0.191 e. The number of anilines is 1. The molecule has 1 aliphatic rings. The van der Waals surface area contributed by atoms with Gasteiger partial charge in [0.15, 0.2) is 5.96 Å². The summed E-state index contributed by atoms with van der Waals surface area (Å²) in [6, 6.07) is 8.40. The van der Waals surface area contributed by atoms with Gasteiger partial charge in [0.25, 0.3) is 0 Å². The van der Waals surface area contributed by atoms with E-state index in [0.29, 0.717) is 12.6 Å². The van der Waals surface area contributed by atoms with Gasteiger partial charge in [0.1, 0.15) is 12.2 Å². The number of benzene rings is 1. The lowest BCUT2D eigenvalue weighted by Crippen LogP contribution is -2.44. The van der Waals surface area contributed by atoms with E-state index in [1.165, 1.54) is 5.69 Å². The van der Waals surface area contributed by atoms with Crippen LogP contribution in [0.4, 0.5) is 5.69 Å². The minimum Gasteiger partial charge on any atom is -0.369 e. The number of hydrogen-bond donors (Lipinski definition) is 2. The number of nitrogens with zero attached hydrogens (tertiary/aromatic N) is 5. The molecule has 1 aromatic carbocycles. The first-order valence-corrected chi connectivity index (χ1v) is 9.99. The Bertz CT molecular complexity index is 758. The summed E-state index contributed by atoms with van der Waals surface area (Å²) in [4.78, 5) is 7.08. The molecule has 2 N–H and O–H groups in total. The lowest BCUT2D eigenvalue weighted by molar-refractivity contribution is 0.634. The second-order valence-corrected chi connectivity index (χ2v) is 7.05. The van der Waals surface area contributed by atoms with Crippen LogP contribution in [-0.2, 0) is 13.0 Å². The van der Waals surface area contributed by atoms with Crippen LogP contribution in [0.5, 0.6) is 0 Å². The minimum atomic E-state index is 0.364. The van der Waals surface area contributed by atoms with Crippen molar-refractivity contribution in [2.24, 2.45) is 4.99 Å². The zero-order valence-corrected chi connectivity index (χ0v) is 16.8. The van der Waals surface area contributed by atoms with Crippen molar-refractivity contribution in [1.82, 2.24) is 25.4 Å². The van der Waals surface area contributed by atoms with Crippen LogP contribution in [0.2, 0.25) is 5.02 Å². The van der Waals surface area contributed by atoms with E-state index in [2.05, 4.69) is 50.2 Å². The molecular weight excluding hydrogens is 362 g/mol. The zero-order valence-electron chi connectivity index (χ0n) is 16.0. The van der Waals surface area contributed by atoms with Gasteiger partial charge in [-0.1, -0.05) is 24.6 Å². The third-order valence-corrected chi connectivity index (χ3v) is 4.90. The first-order chi connectivity index (χ1) is 13.2. The molecule has 27 heavy (non-hydrogen) atoms. The summed E-state index contributed by atoms with van der Waals surface area (Å²) >= 11 is 6.12. The van der Waals surface area contributed by atoms with Gasteiger partial charge in [-0.3, -0.25) is 4.99 Å². The number of nitrogens with one attached hydrogen (secondary N) is 2. The molecule has 2 heterocycles. The number of aliphatic imine (C=N–C) groups is 1. The van der Waals surface area contributed by atoms with Crippen molar-refractivity contribution in [1.29, 1.82) is 0 Å². The quantitative estimate of drug-likeness (QED) is 0.561. The maximum atomic E-state index is 6.12. The first kappa shape index (κ1) is 19.5. The zero-order chi connectivity index (χ0) is 19.1. The first-order valence-electron chi connectivity index (χ1n) is 9.61. The van der Waals surface area contributed by atoms with Gasteiger partial charge in [-0.2, -0.15) is 0 Å². The molecule has 0 radical (unpaired) electrons. The van der Waals surface area contributed by atoms with Crippen LogP contribution in [0.15, 0.2) is 35.6 Å². The van der Waals surface area contributed by atoms with E-state index in [-0.39, 0.29) is 0 Å². The Hall–Kier alpha value is -2.28. The number of aryl methyl sites for hydroxylation is 1. The minimum absolute atomic E-state index is 0.364. The number of halogens is 1. The van der Waals surface area contributed by atoms with Gasteiger partial charge in [-0.25, -0.2) is 0 Å². The summed E-state index contributed by atoms with van der Waals surface area (Å²) in [5.41, 5.74) is 1.17. The summed E-state index contributed by atoms with van der Waals surface area (Å²) in [6.07, 6.45) is 3.72. The summed E-state index contributed by atoms with van der Waals surface area (Å²) < 4.78 is 2.06. The number of rotatable bonds is 7. The summed E-state index contributed by atoms with van der Waals surface area (Å²) in [5.74, 6) is 1.86. The molecule has 1 aliphatic heterocycles. The predicted molar refractivity (Wildman–Crippen MR) is 111 cm³/mol. The van der Waals surface area contributed by atoms with Crippen molar-refractivity contribution in [2.75, 3.05) is 31.1 Å². The van der Waals surface area contributed by atoms with Crippen LogP contribution in [0.1, 0.15) is 26.1 Å². The molecule has 0 saturated carbocycles. The molecule has 1 atom stereocenters. The third-order valence-electron chi connectivity index (χ3n) is 4.67. The van der Waals surface area contributed by atoms with Gasteiger partial charge in [-0.05, 0) is 31.5 Å². The molecule has 1 aromatic heterocycles. The highest BCUT2D eigenvalue weighted by Gasteiger charge is 2.23. The molecule has 0 bridgehead atoms.